The minimum absolute atomic E-state index is 0.809. The first-order valence-electron chi connectivity index (χ1n) is 8.13. The summed E-state index contributed by atoms with van der Waals surface area (Å²) in [6, 6.07) is 0. The van der Waals surface area contributed by atoms with Crippen LogP contribution in [0.2, 0.25) is 0 Å². The fourth-order valence-corrected chi connectivity index (χ4v) is 3.64. The minimum atomic E-state index is 0.809. The maximum Gasteiger partial charge on any atom is 0.0585 e. The highest BCUT2D eigenvalue weighted by molar-refractivity contribution is 7.99. The number of hydrogen-bond donors (Lipinski definition) is 0. The van der Waals surface area contributed by atoms with Crippen molar-refractivity contribution in [3.8, 4) is 0 Å². The van der Waals surface area contributed by atoms with E-state index in [0.29, 0.717) is 0 Å². The van der Waals surface area contributed by atoms with Crippen LogP contribution >= 0.6 is 11.8 Å². The molecule has 0 N–H and O–H groups in total. The standard InChI is InChI=1S/C16H32OS/c1-2-3-4-5-6-7-8-9-10-11-14-18-16-12-13-17-15-16/h16H,2-15H2,1H3. The summed E-state index contributed by atoms with van der Waals surface area (Å²) in [5.74, 6) is 1.35. The highest BCUT2D eigenvalue weighted by Gasteiger charge is 2.14. The zero-order chi connectivity index (χ0) is 12.9. The van der Waals surface area contributed by atoms with Crippen LogP contribution in [0, 0.1) is 0 Å². The molecule has 1 atom stereocenters. The molecule has 1 rings (SSSR count). The van der Waals surface area contributed by atoms with Crippen LogP contribution in [0.15, 0.2) is 0 Å². The lowest BCUT2D eigenvalue weighted by Crippen LogP contribution is -2.01. The smallest absolute Gasteiger partial charge is 0.0585 e. The van der Waals surface area contributed by atoms with Gasteiger partial charge in [-0.05, 0) is 18.6 Å². The van der Waals surface area contributed by atoms with Crippen LogP contribution in [0.1, 0.15) is 77.6 Å². The molecule has 0 aliphatic carbocycles. The Morgan fingerprint density at radius 2 is 1.50 bits per heavy atom. The highest BCUT2D eigenvalue weighted by Crippen LogP contribution is 2.21. The Morgan fingerprint density at radius 3 is 2.06 bits per heavy atom. The Morgan fingerprint density at radius 1 is 0.889 bits per heavy atom. The van der Waals surface area contributed by atoms with Crippen molar-refractivity contribution < 1.29 is 4.74 Å². The van der Waals surface area contributed by atoms with E-state index in [2.05, 4.69) is 18.7 Å². The van der Waals surface area contributed by atoms with Crippen LogP contribution in [0.3, 0.4) is 0 Å². The van der Waals surface area contributed by atoms with Gasteiger partial charge in [-0.2, -0.15) is 11.8 Å². The molecule has 0 saturated carbocycles. The van der Waals surface area contributed by atoms with Crippen molar-refractivity contribution in [2.75, 3.05) is 19.0 Å². The Balaban J connectivity index is 1.68. The molecule has 0 aromatic heterocycles. The number of ether oxygens (including phenoxy) is 1. The summed E-state index contributed by atoms with van der Waals surface area (Å²) in [5, 5.41) is 0.809. The van der Waals surface area contributed by atoms with Crippen molar-refractivity contribution >= 4 is 11.8 Å². The molecule has 1 unspecified atom stereocenters. The minimum Gasteiger partial charge on any atom is -0.380 e. The molecule has 1 fully saturated rings. The third-order valence-corrected chi connectivity index (χ3v) is 5.11. The highest BCUT2D eigenvalue weighted by atomic mass is 32.2. The van der Waals surface area contributed by atoms with Gasteiger partial charge < -0.3 is 4.74 Å². The molecule has 1 nitrogen and oxygen atoms in total. The molecular weight excluding hydrogens is 240 g/mol. The zero-order valence-corrected chi connectivity index (χ0v) is 13.1. The number of rotatable bonds is 12. The molecule has 1 heterocycles. The van der Waals surface area contributed by atoms with Gasteiger partial charge in [0.25, 0.3) is 0 Å². The van der Waals surface area contributed by atoms with Crippen molar-refractivity contribution in [2.45, 2.75) is 82.8 Å². The van der Waals surface area contributed by atoms with Crippen LogP contribution < -0.4 is 0 Å². The predicted molar refractivity (Wildman–Crippen MR) is 83.5 cm³/mol. The van der Waals surface area contributed by atoms with E-state index in [0.717, 1.165) is 18.5 Å². The van der Waals surface area contributed by atoms with Crippen LogP contribution in [-0.4, -0.2) is 24.2 Å². The summed E-state index contributed by atoms with van der Waals surface area (Å²) < 4.78 is 5.39. The lowest BCUT2D eigenvalue weighted by atomic mass is 10.1. The second-order valence-corrected chi connectivity index (χ2v) is 6.95. The van der Waals surface area contributed by atoms with E-state index in [1.807, 2.05) is 0 Å². The third-order valence-electron chi connectivity index (χ3n) is 3.74. The SMILES string of the molecule is CCCCCCCCCCCCSC1CCOC1. The molecule has 0 aromatic rings. The summed E-state index contributed by atoms with van der Waals surface area (Å²) in [7, 11) is 0. The van der Waals surface area contributed by atoms with E-state index in [1.165, 1.54) is 76.4 Å². The van der Waals surface area contributed by atoms with Crippen molar-refractivity contribution in [3.05, 3.63) is 0 Å². The Labute approximate surface area is 118 Å². The second kappa shape index (κ2) is 12.3. The van der Waals surface area contributed by atoms with E-state index >= 15 is 0 Å². The van der Waals surface area contributed by atoms with Crippen LogP contribution in [0.5, 0.6) is 0 Å². The number of thioether (sulfide) groups is 1. The second-order valence-electron chi connectivity index (χ2n) is 5.54. The van der Waals surface area contributed by atoms with Gasteiger partial charge in [-0.15, -0.1) is 0 Å². The van der Waals surface area contributed by atoms with E-state index in [9.17, 15) is 0 Å². The van der Waals surface area contributed by atoms with Crippen molar-refractivity contribution in [2.24, 2.45) is 0 Å². The van der Waals surface area contributed by atoms with Gasteiger partial charge in [0.2, 0.25) is 0 Å². The van der Waals surface area contributed by atoms with Gasteiger partial charge in [-0.25, -0.2) is 0 Å². The predicted octanol–water partition coefficient (Wildman–Crippen LogP) is 5.43. The summed E-state index contributed by atoms with van der Waals surface area (Å²) in [5.41, 5.74) is 0. The maximum absolute atomic E-state index is 5.39. The lowest BCUT2D eigenvalue weighted by molar-refractivity contribution is 0.199. The van der Waals surface area contributed by atoms with E-state index in [4.69, 9.17) is 4.74 Å². The molecule has 0 radical (unpaired) electrons. The fourth-order valence-electron chi connectivity index (χ4n) is 2.48. The van der Waals surface area contributed by atoms with Gasteiger partial charge in [-0.3, -0.25) is 0 Å². The summed E-state index contributed by atoms with van der Waals surface area (Å²) in [6.45, 7) is 4.29. The molecule has 0 amide bonds. The fraction of sp³-hybridized carbons (Fsp3) is 1.00. The number of hydrogen-bond acceptors (Lipinski definition) is 2. The molecule has 0 spiro atoms. The molecule has 108 valence electrons. The van der Waals surface area contributed by atoms with E-state index in [-0.39, 0.29) is 0 Å². The quantitative estimate of drug-likeness (QED) is 0.438. The Kier molecular flexibility index (Phi) is 11.2. The molecule has 18 heavy (non-hydrogen) atoms. The molecule has 1 aliphatic rings. The molecular formula is C16H32OS. The lowest BCUT2D eigenvalue weighted by Gasteiger charge is -2.06. The molecule has 0 aromatic carbocycles. The van der Waals surface area contributed by atoms with E-state index < -0.39 is 0 Å². The zero-order valence-electron chi connectivity index (χ0n) is 12.3. The van der Waals surface area contributed by atoms with Gasteiger partial charge in [0.15, 0.2) is 0 Å². The van der Waals surface area contributed by atoms with Crippen molar-refractivity contribution in [1.82, 2.24) is 0 Å². The number of unbranched alkanes of at least 4 members (excludes halogenated alkanes) is 9. The molecule has 2 heteroatoms. The Bertz CT molecular complexity index is 166. The average Bonchev–Trinajstić information content (AvgIpc) is 2.89. The molecule has 0 bridgehead atoms. The van der Waals surface area contributed by atoms with Crippen molar-refractivity contribution in [1.29, 1.82) is 0 Å². The van der Waals surface area contributed by atoms with Gasteiger partial charge in [-0.1, -0.05) is 64.7 Å². The van der Waals surface area contributed by atoms with Gasteiger partial charge >= 0.3 is 0 Å². The first-order chi connectivity index (χ1) is 8.93. The molecule has 1 saturated heterocycles. The van der Waals surface area contributed by atoms with Crippen molar-refractivity contribution in [3.63, 3.8) is 0 Å². The first kappa shape index (κ1) is 16.4. The van der Waals surface area contributed by atoms with Crippen LogP contribution in [-0.2, 0) is 4.74 Å². The normalized spacial score (nSPS) is 19.5. The third kappa shape index (κ3) is 9.27. The largest absolute Gasteiger partial charge is 0.380 e. The first-order valence-corrected chi connectivity index (χ1v) is 9.17. The summed E-state index contributed by atoms with van der Waals surface area (Å²) in [4.78, 5) is 0. The summed E-state index contributed by atoms with van der Waals surface area (Å²) in [6.07, 6.45) is 15.7. The van der Waals surface area contributed by atoms with Crippen LogP contribution in [0.4, 0.5) is 0 Å². The Hall–Kier alpha value is 0.310. The maximum atomic E-state index is 5.39. The molecule has 1 aliphatic heterocycles. The van der Waals surface area contributed by atoms with Gasteiger partial charge in [0.1, 0.15) is 0 Å². The monoisotopic (exact) mass is 272 g/mol. The topological polar surface area (TPSA) is 9.23 Å². The summed E-state index contributed by atoms with van der Waals surface area (Å²) >= 11 is 2.14. The average molecular weight is 272 g/mol. The van der Waals surface area contributed by atoms with E-state index in [1.54, 1.807) is 0 Å². The van der Waals surface area contributed by atoms with Gasteiger partial charge in [0.05, 0.1) is 6.61 Å². The van der Waals surface area contributed by atoms with Gasteiger partial charge in [0, 0.05) is 11.9 Å². The van der Waals surface area contributed by atoms with Crippen LogP contribution in [0.25, 0.3) is 0 Å².